The quantitative estimate of drug-likeness (QED) is 0.880. The van der Waals surface area contributed by atoms with Crippen LogP contribution in [0.3, 0.4) is 0 Å². The highest BCUT2D eigenvalue weighted by Gasteiger charge is 2.34. The van der Waals surface area contributed by atoms with Crippen LogP contribution in [0, 0.1) is 12.8 Å². The van der Waals surface area contributed by atoms with E-state index in [9.17, 15) is 9.59 Å². The van der Waals surface area contributed by atoms with Crippen molar-refractivity contribution in [3.8, 4) is 0 Å². The minimum Gasteiger partial charge on any atom is -0.354 e. The van der Waals surface area contributed by atoms with E-state index in [4.69, 9.17) is 0 Å². The molecule has 1 N–H and O–H groups in total. The number of amides is 2. The van der Waals surface area contributed by atoms with Gasteiger partial charge in [0.1, 0.15) is 6.04 Å². The van der Waals surface area contributed by atoms with Crippen LogP contribution in [0.15, 0.2) is 0 Å². The van der Waals surface area contributed by atoms with Gasteiger partial charge in [-0.15, -0.1) is 5.10 Å². The Kier molecular flexibility index (Phi) is 4.59. The molecule has 2 rings (SSSR count). The van der Waals surface area contributed by atoms with Gasteiger partial charge in [-0.1, -0.05) is 19.1 Å². The maximum atomic E-state index is 12.8. The summed E-state index contributed by atoms with van der Waals surface area (Å²) >= 11 is 0. The van der Waals surface area contributed by atoms with E-state index in [1.165, 1.54) is 0 Å². The first-order valence-corrected chi connectivity index (χ1v) is 7.36. The molecule has 0 spiro atoms. The SMILES string of the molecule is Cc1c(C(=O)N2CCCNC(=O)C2CC(C)C)nnn1C. The molecule has 2 heterocycles. The molecule has 116 valence electrons. The molecule has 1 unspecified atom stereocenters. The van der Waals surface area contributed by atoms with Crippen molar-refractivity contribution in [3.63, 3.8) is 0 Å². The molecule has 0 aromatic carbocycles. The molecule has 0 radical (unpaired) electrons. The lowest BCUT2D eigenvalue weighted by atomic mass is 10.0. The van der Waals surface area contributed by atoms with Gasteiger partial charge in [-0.3, -0.25) is 14.3 Å². The number of hydrogen-bond acceptors (Lipinski definition) is 4. The Labute approximate surface area is 124 Å². The lowest BCUT2D eigenvalue weighted by Crippen LogP contribution is -2.48. The fourth-order valence-electron chi connectivity index (χ4n) is 2.54. The number of aromatic nitrogens is 3. The van der Waals surface area contributed by atoms with Gasteiger partial charge in [0.15, 0.2) is 5.69 Å². The topological polar surface area (TPSA) is 80.1 Å². The van der Waals surface area contributed by atoms with E-state index in [0.717, 1.165) is 6.42 Å². The maximum Gasteiger partial charge on any atom is 0.277 e. The van der Waals surface area contributed by atoms with Crippen LogP contribution in [0.5, 0.6) is 0 Å². The standard InChI is InChI=1S/C14H23N5O2/c1-9(2)8-11-13(20)15-6-5-7-19(11)14(21)12-10(3)18(4)17-16-12/h9,11H,5-8H2,1-4H3,(H,15,20). The number of rotatable bonds is 3. The summed E-state index contributed by atoms with van der Waals surface area (Å²) in [5, 5.41) is 10.7. The number of hydrogen-bond donors (Lipinski definition) is 1. The van der Waals surface area contributed by atoms with Crippen LogP contribution in [0.25, 0.3) is 0 Å². The first-order valence-electron chi connectivity index (χ1n) is 7.36. The third-order valence-corrected chi connectivity index (χ3v) is 3.82. The van der Waals surface area contributed by atoms with E-state index in [1.54, 1.807) is 16.6 Å². The van der Waals surface area contributed by atoms with Gasteiger partial charge in [0.25, 0.3) is 5.91 Å². The molecule has 1 aliphatic heterocycles. The van der Waals surface area contributed by atoms with Crippen LogP contribution in [0.1, 0.15) is 42.9 Å². The Hall–Kier alpha value is -1.92. The first-order chi connectivity index (χ1) is 9.91. The molecule has 1 aromatic heterocycles. The summed E-state index contributed by atoms with van der Waals surface area (Å²) in [7, 11) is 1.75. The predicted molar refractivity (Wildman–Crippen MR) is 77.6 cm³/mol. The monoisotopic (exact) mass is 293 g/mol. The largest absolute Gasteiger partial charge is 0.354 e. The van der Waals surface area contributed by atoms with Gasteiger partial charge in [-0.25, -0.2) is 0 Å². The summed E-state index contributed by atoms with van der Waals surface area (Å²) in [6.07, 6.45) is 1.41. The molecule has 1 aromatic rings. The second-order valence-electron chi connectivity index (χ2n) is 5.94. The highest BCUT2D eigenvalue weighted by molar-refractivity contribution is 5.97. The zero-order chi connectivity index (χ0) is 15.6. The van der Waals surface area contributed by atoms with E-state index in [0.29, 0.717) is 36.8 Å². The Bertz CT molecular complexity index is 537. The van der Waals surface area contributed by atoms with Crippen LogP contribution in [-0.2, 0) is 11.8 Å². The van der Waals surface area contributed by atoms with E-state index < -0.39 is 6.04 Å². The summed E-state index contributed by atoms with van der Waals surface area (Å²) in [6, 6.07) is -0.429. The van der Waals surface area contributed by atoms with Crippen LogP contribution in [-0.4, -0.2) is 50.8 Å². The molecular weight excluding hydrogens is 270 g/mol. The number of nitrogens with zero attached hydrogens (tertiary/aromatic N) is 4. The minimum atomic E-state index is -0.429. The molecular formula is C14H23N5O2. The van der Waals surface area contributed by atoms with E-state index >= 15 is 0 Å². The zero-order valence-corrected chi connectivity index (χ0v) is 13.1. The van der Waals surface area contributed by atoms with E-state index in [2.05, 4.69) is 29.5 Å². The van der Waals surface area contributed by atoms with Gasteiger partial charge >= 0.3 is 0 Å². The van der Waals surface area contributed by atoms with Gasteiger partial charge < -0.3 is 10.2 Å². The van der Waals surface area contributed by atoms with Gasteiger partial charge in [0.05, 0.1) is 5.69 Å². The average Bonchev–Trinajstić information content (AvgIpc) is 2.65. The van der Waals surface area contributed by atoms with Crippen molar-refractivity contribution in [2.45, 2.75) is 39.7 Å². The number of nitrogens with one attached hydrogen (secondary N) is 1. The Morgan fingerprint density at radius 3 is 2.76 bits per heavy atom. The van der Waals surface area contributed by atoms with E-state index in [1.807, 2.05) is 6.92 Å². The van der Waals surface area contributed by atoms with Crippen molar-refractivity contribution in [3.05, 3.63) is 11.4 Å². The minimum absolute atomic E-state index is 0.0731. The van der Waals surface area contributed by atoms with Gasteiger partial charge in [0, 0.05) is 20.1 Å². The Balaban J connectivity index is 2.30. The molecule has 21 heavy (non-hydrogen) atoms. The number of carbonyl (C=O) groups excluding carboxylic acids is 2. The predicted octanol–water partition coefficient (Wildman–Crippen LogP) is 0.500. The summed E-state index contributed by atoms with van der Waals surface area (Å²) in [4.78, 5) is 26.6. The Morgan fingerprint density at radius 2 is 2.19 bits per heavy atom. The zero-order valence-electron chi connectivity index (χ0n) is 13.1. The summed E-state index contributed by atoms with van der Waals surface area (Å²) < 4.78 is 1.57. The maximum absolute atomic E-state index is 12.8. The fraction of sp³-hybridized carbons (Fsp3) is 0.714. The smallest absolute Gasteiger partial charge is 0.277 e. The van der Waals surface area contributed by atoms with Gasteiger partial charge in [-0.2, -0.15) is 0 Å². The van der Waals surface area contributed by atoms with Crippen molar-refractivity contribution >= 4 is 11.8 Å². The van der Waals surface area contributed by atoms with Crippen molar-refractivity contribution < 1.29 is 9.59 Å². The van der Waals surface area contributed by atoms with Crippen LogP contribution < -0.4 is 5.32 Å². The number of carbonyl (C=O) groups is 2. The molecule has 1 saturated heterocycles. The van der Waals surface area contributed by atoms with Crippen molar-refractivity contribution in [1.82, 2.24) is 25.2 Å². The molecule has 7 nitrogen and oxygen atoms in total. The van der Waals surface area contributed by atoms with Crippen LogP contribution in [0.2, 0.25) is 0 Å². The van der Waals surface area contributed by atoms with Gasteiger partial charge in [-0.05, 0) is 25.7 Å². The van der Waals surface area contributed by atoms with Crippen molar-refractivity contribution in [2.75, 3.05) is 13.1 Å². The third kappa shape index (κ3) is 3.22. The van der Waals surface area contributed by atoms with Crippen LogP contribution >= 0.6 is 0 Å². The Morgan fingerprint density at radius 1 is 1.48 bits per heavy atom. The van der Waals surface area contributed by atoms with Crippen molar-refractivity contribution in [2.24, 2.45) is 13.0 Å². The molecule has 2 amide bonds. The van der Waals surface area contributed by atoms with Gasteiger partial charge in [0.2, 0.25) is 5.91 Å². The molecule has 0 saturated carbocycles. The second kappa shape index (κ2) is 6.24. The lowest BCUT2D eigenvalue weighted by Gasteiger charge is -2.29. The summed E-state index contributed by atoms with van der Waals surface area (Å²) in [6.45, 7) is 7.08. The highest BCUT2D eigenvalue weighted by atomic mass is 16.2. The van der Waals surface area contributed by atoms with Crippen molar-refractivity contribution in [1.29, 1.82) is 0 Å². The fourth-order valence-corrected chi connectivity index (χ4v) is 2.54. The second-order valence-corrected chi connectivity index (χ2v) is 5.94. The first kappa shape index (κ1) is 15.5. The molecule has 0 aliphatic carbocycles. The number of aryl methyl sites for hydroxylation is 1. The lowest BCUT2D eigenvalue weighted by molar-refractivity contribution is -0.125. The highest BCUT2D eigenvalue weighted by Crippen LogP contribution is 2.18. The molecule has 0 bridgehead atoms. The third-order valence-electron chi connectivity index (χ3n) is 3.82. The molecule has 1 fully saturated rings. The molecule has 1 atom stereocenters. The molecule has 7 heteroatoms. The average molecular weight is 293 g/mol. The van der Waals surface area contributed by atoms with Crippen LogP contribution in [0.4, 0.5) is 0 Å². The summed E-state index contributed by atoms with van der Waals surface area (Å²) in [5.41, 5.74) is 1.05. The van der Waals surface area contributed by atoms with E-state index in [-0.39, 0.29) is 11.8 Å². The molecule has 1 aliphatic rings. The normalized spacial score (nSPS) is 19.6. The summed E-state index contributed by atoms with van der Waals surface area (Å²) in [5.74, 6) is 0.0523.